The third-order valence-corrected chi connectivity index (χ3v) is 5.51. The summed E-state index contributed by atoms with van der Waals surface area (Å²) in [4.78, 5) is 29.5. The molecule has 1 aliphatic heterocycles. The predicted molar refractivity (Wildman–Crippen MR) is 126 cm³/mol. The van der Waals surface area contributed by atoms with Gasteiger partial charge in [-0.25, -0.2) is 14.5 Å². The summed E-state index contributed by atoms with van der Waals surface area (Å²) in [6, 6.07) is 9.06. The van der Waals surface area contributed by atoms with Crippen molar-refractivity contribution in [2.24, 2.45) is 0 Å². The molecule has 0 aliphatic carbocycles. The van der Waals surface area contributed by atoms with Crippen molar-refractivity contribution in [3.63, 3.8) is 0 Å². The lowest BCUT2D eigenvalue weighted by Crippen LogP contribution is -2.37. The van der Waals surface area contributed by atoms with E-state index in [9.17, 15) is 9.59 Å². The fourth-order valence-corrected chi connectivity index (χ4v) is 3.78. The van der Waals surface area contributed by atoms with Crippen LogP contribution < -0.4 is 21.3 Å². The maximum Gasteiger partial charge on any atom is 0.319 e. The Morgan fingerprint density at radius 2 is 1.85 bits per heavy atom. The van der Waals surface area contributed by atoms with Gasteiger partial charge in [-0.3, -0.25) is 4.79 Å². The van der Waals surface area contributed by atoms with Gasteiger partial charge in [0.2, 0.25) is 0 Å². The molecule has 0 saturated carbocycles. The van der Waals surface area contributed by atoms with Gasteiger partial charge in [-0.1, -0.05) is 18.2 Å². The molecule has 0 unspecified atom stereocenters. The minimum Gasteiger partial charge on any atom is -0.381 e. The molecule has 3 heterocycles. The molecule has 1 fully saturated rings. The number of amides is 3. The summed E-state index contributed by atoms with van der Waals surface area (Å²) in [6.07, 6.45) is 5.07. The standard InChI is InChI=1S/C23H29N7O3/c1-2-30-21-18(15-27-30)20(28-17-8-12-33-13-9-17)19(14-26-21)22(31)24-10-11-25-23(32)29-16-6-4-3-5-7-16/h3-7,14-15,17H,2,8-13H2,1H3,(H,24,31)(H,26,28)(H2,25,29,32). The first kappa shape index (κ1) is 22.5. The SMILES string of the molecule is CCn1ncc2c(NC3CCOCC3)c(C(=O)NCCNC(=O)Nc3ccccc3)cnc21. The second-order valence-electron chi connectivity index (χ2n) is 7.78. The minimum absolute atomic E-state index is 0.212. The van der Waals surface area contributed by atoms with Crippen molar-refractivity contribution in [3.05, 3.63) is 48.3 Å². The largest absolute Gasteiger partial charge is 0.381 e. The molecule has 1 saturated heterocycles. The smallest absolute Gasteiger partial charge is 0.319 e. The Hall–Kier alpha value is -3.66. The number of fused-ring (bicyclic) bond motifs is 1. The van der Waals surface area contributed by atoms with E-state index in [1.165, 1.54) is 0 Å². The van der Waals surface area contributed by atoms with E-state index < -0.39 is 0 Å². The van der Waals surface area contributed by atoms with E-state index in [2.05, 4.69) is 31.3 Å². The van der Waals surface area contributed by atoms with Crippen LogP contribution in [-0.4, -0.2) is 59.0 Å². The highest BCUT2D eigenvalue weighted by atomic mass is 16.5. The lowest BCUT2D eigenvalue weighted by molar-refractivity contribution is 0.0904. The second kappa shape index (κ2) is 10.8. The van der Waals surface area contributed by atoms with Gasteiger partial charge in [0.25, 0.3) is 5.91 Å². The van der Waals surface area contributed by atoms with Crippen LogP contribution in [0, 0.1) is 0 Å². The van der Waals surface area contributed by atoms with Gasteiger partial charge >= 0.3 is 6.03 Å². The molecule has 10 nitrogen and oxygen atoms in total. The first-order chi connectivity index (χ1) is 16.2. The molecule has 3 amide bonds. The minimum atomic E-state index is -0.326. The van der Waals surface area contributed by atoms with Crippen LogP contribution in [0.3, 0.4) is 0 Å². The maximum absolute atomic E-state index is 13.0. The summed E-state index contributed by atoms with van der Waals surface area (Å²) in [5, 5.41) is 17.1. The van der Waals surface area contributed by atoms with E-state index in [4.69, 9.17) is 4.74 Å². The lowest BCUT2D eigenvalue weighted by atomic mass is 10.1. The molecule has 174 valence electrons. The van der Waals surface area contributed by atoms with Gasteiger partial charge in [0.1, 0.15) is 0 Å². The first-order valence-corrected chi connectivity index (χ1v) is 11.2. The number of carbonyl (C=O) groups is 2. The average Bonchev–Trinajstić information content (AvgIpc) is 3.27. The number of para-hydroxylation sites is 1. The van der Waals surface area contributed by atoms with Crippen molar-refractivity contribution in [1.29, 1.82) is 0 Å². The summed E-state index contributed by atoms with van der Waals surface area (Å²) >= 11 is 0. The van der Waals surface area contributed by atoms with Crippen LogP contribution in [-0.2, 0) is 11.3 Å². The van der Waals surface area contributed by atoms with Crippen LogP contribution in [0.4, 0.5) is 16.2 Å². The molecule has 1 aliphatic rings. The fourth-order valence-electron chi connectivity index (χ4n) is 3.78. The Bertz CT molecular complexity index is 1090. The van der Waals surface area contributed by atoms with Gasteiger partial charge in [0.15, 0.2) is 5.65 Å². The summed E-state index contributed by atoms with van der Waals surface area (Å²) in [5.74, 6) is -0.256. The number of rotatable bonds is 8. The van der Waals surface area contributed by atoms with Crippen molar-refractivity contribution in [1.82, 2.24) is 25.4 Å². The third-order valence-electron chi connectivity index (χ3n) is 5.51. The van der Waals surface area contributed by atoms with Crippen molar-refractivity contribution in [2.45, 2.75) is 32.4 Å². The van der Waals surface area contributed by atoms with Gasteiger partial charge in [-0.15, -0.1) is 0 Å². The maximum atomic E-state index is 13.0. The molecule has 0 spiro atoms. The van der Waals surface area contributed by atoms with E-state index >= 15 is 0 Å². The van der Waals surface area contributed by atoms with Crippen molar-refractivity contribution >= 4 is 34.3 Å². The number of hydrogen-bond donors (Lipinski definition) is 4. The molecule has 0 atom stereocenters. The van der Waals surface area contributed by atoms with Crippen LogP contribution in [0.15, 0.2) is 42.7 Å². The zero-order valence-electron chi connectivity index (χ0n) is 18.6. The molecule has 3 aromatic rings. The topological polar surface area (TPSA) is 122 Å². The number of ether oxygens (including phenoxy) is 1. The molecular weight excluding hydrogens is 422 g/mol. The fraction of sp³-hybridized carbons (Fsp3) is 0.391. The molecule has 33 heavy (non-hydrogen) atoms. The highest BCUT2D eigenvalue weighted by molar-refractivity contribution is 6.06. The number of hydrogen-bond acceptors (Lipinski definition) is 6. The molecular formula is C23H29N7O3. The molecule has 4 rings (SSSR count). The highest BCUT2D eigenvalue weighted by Gasteiger charge is 2.22. The van der Waals surface area contributed by atoms with Gasteiger partial charge in [0, 0.05) is 50.8 Å². The summed E-state index contributed by atoms with van der Waals surface area (Å²) in [5.41, 5.74) is 2.63. The Morgan fingerprint density at radius 3 is 2.61 bits per heavy atom. The van der Waals surface area contributed by atoms with Crippen LogP contribution in [0.25, 0.3) is 11.0 Å². The number of pyridine rings is 1. The Kier molecular flexibility index (Phi) is 7.36. The Labute approximate surface area is 192 Å². The lowest BCUT2D eigenvalue weighted by Gasteiger charge is -2.25. The van der Waals surface area contributed by atoms with E-state index in [-0.39, 0.29) is 31.1 Å². The zero-order valence-corrected chi connectivity index (χ0v) is 18.6. The first-order valence-electron chi connectivity index (χ1n) is 11.2. The normalized spacial score (nSPS) is 14.1. The van der Waals surface area contributed by atoms with Gasteiger partial charge in [-0.05, 0) is 31.9 Å². The number of urea groups is 1. The number of nitrogens with zero attached hydrogens (tertiary/aromatic N) is 3. The Balaban J connectivity index is 1.40. The second-order valence-corrected chi connectivity index (χ2v) is 7.78. The summed E-state index contributed by atoms with van der Waals surface area (Å²) in [6.45, 7) is 4.65. The third kappa shape index (κ3) is 5.58. The Morgan fingerprint density at radius 1 is 1.09 bits per heavy atom. The highest BCUT2D eigenvalue weighted by Crippen LogP contribution is 2.28. The summed E-state index contributed by atoms with van der Waals surface area (Å²) in [7, 11) is 0. The molecule has 0 bridgehead atoms. The zero-order chi connectivity index (χ0) is 23.0. The predicted octanol–water partition coefficient (Wildman–Crippen LogP) is 2.59. The number of aromatic nitrogens is 3. The molecule has 4 N–H and O–H groups in total. The van der Waals surface area contributed by atoms with Crippen LogP contribution >= 0.6 is 0 Å². The van der Waals surface area contributed by atoms with Gasteiger partial charge in [0.05, 0.1) is 22.8 Å². The van der Waals surface area contributed by atoms with Gasteiger partial charge < -0.3 is 26.0 Å². The van der Waals surface area contributed by atoms with Crippen molar-refractivity contribution in [3.8, 4) is 0 Å². The van der Waals surface area contributed by atoms with Crippen molar-refractivity contribution in [2.75, 3.05) is 36.9 Å². The van der Waals surface area contributed by atoms with Crippen LogP contribution in [0.1, 0.15) is 30.1 Å². The number of nitrogens with one attached hydrogen (secondary N) is 4. The number of carbonyl (C=O) groups excluding carboxylic acids is 2. The number of benzene rings is 1. The van der Waals surface area contributed by atoms with Crippen LogP contribution in [0.5, 0.6) is 0 Å². The number of anilines is 2. The van der Waals surface area contributed by atoms with E-state index in [1.807, 2.05) is 25.1 Å². The average molecular weight is 452 g/mol. The van der Waals surface area contributed by atoms with E-state index in [0.717, 1.165) is 29.6 Å². The van der Waals surface area contributed by atoms with E-state index in [1.54, 1.807) is 29.2 Å². The quantitative estimate of drug-likeness (QED) is 0.391. The molecule has 1 aromatic carbocycles. The molecule has 2 aromatic heterocycles. The molecule has 0 radical (unpaired) electrons. The van der Waals surface area contributed by atoms with E-state index in [0.29, 0.717) is 31.0 Å². The monoisotopic (exact) mass is 451 g/mol. The van der Waals surface area contributed by atoms with Gasteiger partial charge in [-0.2, -0.15) is 5.10 Å². The molecule has 10 heteroatoms. The van der Waals surface area contributed by atoms with Crippen molar-refractivity contribution < 1.29 is 14.3 Å². The van der Waals surface area contributed by atoms with Crippen LogP contribution in [0.2, 0.25) is 0 Å². The number of aryl methyl sites for hydroxylation is 1. The summed E-state index contributed by atoms with van der Waals surface area (Å²) < 4.78 is 7.27.